The first-order valence-corrected chi connectivity index (χ1v) is 8.63. The summed E-state index contributed by atoms with van der Waals surface area (Å²) < 4.78 is 7.68. The maximum atomic E-state index is 5.91. The number of para-hydroxylation sites is 1. The predicted octanol–water partition coefficient (Wildman–Crippen LogP) is 3.23. The van der Waals surface area contributed by atoms with E-state index >= 15 is 0 Å². The molecule has 0 saturated heterocycles. The van der Waals surface area contributed by atoms with Crippen LogP contribution in [0.15, 0.2) is 47.6 Å². The summed E-state index contributed by atoms with van der Waals surface area (Å²) in [7, 11) is 0. The molecule has 1 heterocycles. The van der Waals surface area contributed by atoms with Crippen molar-refractivity contribution in [3.8, 4) is 11.6 Å². The third-order valence-corrected chi connectivity index (χ3v) is 3.39. The Morgan fingerprint density at radius 3 is 2.75 bits per heavy atom. The highest BCUT2D eigenvalue weighted by molar-refractivity contribution is 7.80. The number of hydrogen-bond donors (Lipinski definition) is 1. The zero-order valence-corrected chi connectivity index (χ0v) is 15.2. The maximum absolute atomic E-state index is 5.91. The zero-order chi connectivity index (χ0) is 17.4. The van der Waals surface area contributed by atoms with E-state index in [2.05, 4.69) is 22.3 Å². The summed E-state index contributed by atoms with van der Waals surface area (Å²) in [6, 6.07) is 12.0. The second kappa shape index (κ2) is 9.17. The van der Waals surface area contributed by atoms with Gasteiger partial charge in [-0.15, -0.1) is 0 Å². The molecule has 6 heteroatoms. The van der Waals surface area contributed by atoms with E-state index in [0.29, 0.717) is 23.0 Å². The lowest BCUT2D eigenvalue weighted by molar-refractivity contribution is 0.284. The highest BCUT2D eigenvalue weighted by Crippen LogP contribution is 2.14. The van der Waals surface area contributed by atoms with Crippen LogP contribution >= 0.6 is 12.2 Å². The average molecular weight is 344 g/mol. The summed E-state index contributed by atoms with van der Waals surface area (Å²) in [6.45, 7) is 6.82. The molecule has 24 heavy (non-hydrogen) atoms. The zero-order valence-electron chi connectivity index (χ0n) is 14.4. The van der Waals surface area contributed by atoms with Crippen molar-refractivity contribution in [2.75, 3.05) is 6.61 Å². The summed E-state index contributed by atoms with van der Waals surface area (Å²) in [4.78, 5) is 4.39. The van der Waals surface area contributed by atoms with Crippen LogP contribution in [0.5, 0.6) is 5.88 Å². The third-order valence-electron chi connectivity index (χ3n) is 3.18. The van der Waals surface area contributed by atoms with Gasteiger partial charge in [-0.25, -0.2) is 9.67 Å². The first-order valence-electron chi connectivity index (χ1n) is 8.23. The first-order chi connectivity index (χ1) is 11.6. The van der Waals surface area contributed by atoms with Gasteiger partial charge in [0, 0.05) is 12.1 Å². The van der Waals surface area contributed by atoms with E-state index in [1.807, 2.05) is 50.2 Å². The number of nitrogens with zero attached hydrogens (tertiary/aromatic N) is 3. The SMILES string of the molecule is CCCCOc1c/c(=N/C(=S)NC(C)C)cnn1-c1ccccc1. The van der Waals surface area contributed by atoms with Crippen LogP contribution in [-0.4, -0.2) is 27.5 Å². The standard InChI is InChI=1S/C18H24N4OS/c1-4-5-11-23-17-12-15(21-18(24)20-14(2)3)13-19-22(17)16-9-7-6-8-10-16/h6-10,12-14H,4-5,11H2,1-3H3,(H,20,24)/b21-15-. The van der Waals surface area contributed by atoms with E-state index < -0.39 is 0 Å². The molecular weight excluding hydrogens is 320 g/mol. The molecule has 1 aromatic heterocycles. The number of ether oxygens (including phenoxy) is 1. The summed E-state index contributed by atoms with van der Waals surface area (Å²) in [5, 5.41) is 8.69. The van der Waals surface area contributed by atoms with Crippen molar-refractivity contribution in [2.24, 2.45) is 4.99 Å². The van der Waals surface area contributed by atoms with Gasteiger partial charge in [0.05, 0.1) is 23.8 Å². The van der Waals surface area contributed by atoms with Gasteiger partial charge in [-0.05, 0) is 44.6 Å². The molecule has 0 amide bonds. The molecule has 0 aliphatic carbocycles. The van der Waals surface area contributed by atoms with Gasteiger partial charge in [-0.1, -0.05) is 31.5 Å². The Morgan fingerprint density at radius 2 is 2.08 bits per heavy atom. The van der Waals surface area contributed by atoms with E-state index in [9.17, 15) is 0 Å². The fourth-order valence-corrected chi connectivity index (χ4v) is 2.38. The van der Waals surface area contributed by atoms with E-state index in [4.69, 9.17) is 17.0 Å². The lowest BCUT2D eigenvalue weighted by Gasteiger charge is -2.13. The Kier molecular flexibility index (Phi) is 6.93. The lowest BCUT2D eigenvalue weighted by atomic mass is 10.3. The number of rotatable bonds is 6. The highest BCUT2D eigenvalue weighted by Gasteiger charge is 2.06. The molecule has 2 aromatic rings. The van der Waals surface area contributed by atoms with Gasteiger partial charge in [0.25, 0.3) is 0 Å². The van der Waals surface area contributed by atoms with Crippen LogP contribution < -0.4 is 15.4 Å². The van der Waals surface area contributed by atoms with Gasteiger partial charge >= 0.3 is 0 Å². The van der Waals surface area contributed by atoms with Crippen molar-refractivity contribution in [3.63, 3.8) is 0 Å². The molecule has 5 nitrogen and oxygen atoms in total. The smallest absolute Gasteiger partial charge is 0.217 e. The van der Waals surface area contributed by atoms with Crippen LogP contribution in [0.1, 0.15) is 33.6 Å². The van der Waals surface area contributed by atoms with Crippen molar-refractivity contribution in [1.82, 2.24) is 15.1 Å². The van der Waals surface area contributed by atoms with Crippen molar-refractivity contribution in [1.29, 1.82) is 0 Å². The monoisotopic (exact) mass is 344 g/mol. The van der Waals surface area contributed by atoms with E-state index in [1.54, 1.807) is 10.9 Å². The number of nitrogens with one attached hydrogen (secondary N) is 1. The van der Waals surface area contributed by atoms with Gasteiger partial charge in [0.2, 0.25) is 5.88 Å². The number of unbranched alkanes of at least 4 members (excludes halogenated alkanes) is 1. The second-order valence-electron chi connectivity index (χ2n) is 5.72. The number of benzene rings is 1. The maximum Gasteiger partial charge on any atom is 0.217 e. The molecule has 128 valence electrons. The van der Waals surface area contributed by atoms with Crippen molar-refractivity contribution in [3.05, 3.63) is 48.0 Å². The van der Waals surface area contributed by atoms with Gasteiger partial charge < -0.3 is 10.1 Å². The van der Waals surface area contributed by atoms with Gasteiger partial charge in [0.1, 0.15) is 0 Å². The van der Waals surface area contributed by atoms with E-state index in [0.717, 1.165) is 18.5 Å². The Balaban J connectivity index is 2.35. The molecule has 0 radical (unpaired) electrons. The minimum Gasteiger partial charge on any atom is -0.478 e. The Morgan fingerprint density at radius 1 is 1.33 bits per heavy atom. The molecule has 0 spiro atoms. The van der Waals surface area contributed by atoms with Crippen molar-refractivity contribution < 1.29 is 4.74 Å². The average Bonchev–Trinajstić information content (AvgIpc) is 2.55. The van der Waals surface area contributed by atoms with Gasteiger partial charge in [0.15, 0.2) is 5.11 Å². The predicted molar refractivity (Wildman–Crippen MR) is 100 cm³/mol. The van der Waals surface area contributed by atoms with Crippen LogP contribution in [0, 0.1) is 0 Å². The molecular formula is C18H24N4OS. The van der Waals surface area contributed by atoms with E-state index in [-0.39, 0.29) is 6.04 Å². The molecule has 0 unspecified atom stereocenters. The topological polar surface area (TPSA) is 51.4 Å². The number of thiocarbonyl (C=S) groups is 1. The third kappa shape index (κ3) is 5.45. The summed E-state index contributed by atoms with van der Waals surface area (Å²) >= 11 is 5.23. The van der Waals surface area contributed by atoms with Crippen LogP contribution in [-0.2, 0) is 0 Å². The van der Waals surface area contributed by atoms with Crippen molar-refractivity contribution >= 4 is 17.3 Å². The van der Waals surface area contributed by atoms with Gasteiger partial charge in [-0.3, -0.25) is 0 Å². The highest BCUT2D eigenvalue weighted by atomic mass is 32.1. The minimum atomic E-state index is 0.243. The summed E-state index contributed by atoms with van der Waals surface area (Å²) in [6.07, 6.45) is 3.75. The van der Waals surface area contributed by atoms with Gasteiger partial charge in [-0.2, -0.15) is 5.10 Å². The fraction of sp³-hybridized carbons (Fsp3) is 0.389. The summed E-state index contributed by atoms with van der Waals surface area (Å²) in [5.41, 5.74) is 0.943. The van der Waals surface area contributed by atoms with Crippen LogP contribution in [0.3, 0.4) is 0 Å². The quantitative estimate of drug-likeness (QED) is 0.646. The molecule has 0 aliphatic heterocycles. The van der Waals surface area contributed by atoms with Crippen LogP contribution in [0.4, 0.5) is 0 Å². The molecule has 1 N–H and O–H groups in total. The molecule has 0 fully saturated rings. The van der Waals surface area contributed by atoms with Crippen LogP contribution in [0.25, 0.3) is 5.69 Å². The number of aromatic nitrogens is 2. The molecule has 0 atom stereocenters. The number of hydrogen-bond acceptors (Lipinski definition) is 3. The molecule has 1 aromatic carbocycles. The lowest BCUT2D eigenvalue weighted by Crippen LogP contribution is -2.29. The Hall–Kier alpha value is -2.21. The largest absolute Gasteiger partial charge is 0.478 e. The molecule has 2 rings (SSSR count). The Bertz CT molecular complexity index is 725. The first kappa shape index (κ1) is 18.1. The van der Waals surface area contributed by atoms with Crippen LogP contribution in [0.2, 0.25) is 0 Å². The normalized spacial score (nSPS) is 11.6. The molecule has 0 saturated carbocycles. The molecule has 0 bridgehead atoms. The Labute approximate surface area is 148 Å². The summed E-state index contributed by atoms with van der Waals surface area (Å²) in [5.74, 6) is 0.656. The fourth-order valence-electron chi connectivity index (χ4n) is 2.04. The molecule has 0 aliphatic rings. The minimum absolute atomic E-state index is 0.243. The second-order valence-corrected chi connectivity index (χ2v) is 6.10. The van der Waals surface area contributed by atoms with Crippen molar-refractivity contribution in [2.45, 2.75) is 39.7 Å². The van der Waals surface area contributed by atoms with E-state index in [1.165, 1.54) is 0 Å².